The van der Waals surface area contributed by atoms with Gasteiger partial charge in [-0.25, -0.2) is 14.3 Å². The summed E-state index contributed by atoms with van der Waals surface area (Å²) in [5.74, 6) is -1.76. The summed E-state index contributed by atoms with van der Waals surface area (Å²) in [5, 5.41) is 6.95. The minimum Gasteiger partial charge on any atom is -0.467 e. The summed E-state index contributed by atoms with van der Waals surface area (Å²) < 4.78 is 11.3. The standard InChI is InChI=1S/C21H26ClN3O5/c1-13(2)10-16(20(27)29-4)23-17(26)12-30-21(28)18-14(3)24-25(19(18)22)11-15-8-6-5-7-9-15/h5-9,13,16H,10-12H2,1-4H3,(H,23,26). The Morgan fingerprint density at radius 3 is 2.47 bits per heavy atom. The third-order valence-electron chi connectivity index (χ3n) is 4.31. The number of carbonyl (C=O) groups excluding carboxylic acids is 3. The monoisotopic (exact) mass is 435 g/mol. The minimum absolute atomic E-state index is 0.104. The Kier molecular flexibility index (Phi) is 8.41. The highest BCUT2D eigenvalue weighted by molar-refractivity contribution is 6.32. The van der Waals surface area contributed by atoms with Gasteiger partial charge in [-0.15, -0.1) is 0 Å². The van der Waals surface area contributed by atoms with Crippen LogP contribution in [0.15, 0.2) is 30.3 Å². The number of hydrogen-bond donors (Lipinski definition) is 1. The van der Waals surface area contributed by atoms with E-state index in [9.17, 15) is 14.4 Å². The third-order valence-corrected chi connectivity index (χ3v) is 4.69. The van der Waals surface area contributed by atoms with Gasteiger partial charge in [0.1, 0.15) is 16.8 Å². The van der Waals surface area contributed by atoms with E-state index in [1.165, 1.54) is 11.8 Å². The molecule has 1 atom stereocenters. The van der Waals surface area contributed by atoms with Crippen molar-refractivity contribution in [2.75, 3.05) is 13.7 Å². The van der Waals surface area contributed by atoms with Crippen molar-refractivity contribution in [3.05, 3.63) is 52.3 Å². The summed E-state index contributed by atoms with van der Waals surface area (Å²) >= 11 is 6.33. The van der Waals surface area contributed by atoms with Crippen LogP contribution in [0.1, 0.15) is 41.9 Å². The number of ether oxygens (including phenoxy) is 2. The third kappa shape index (κ3) is 6.32. The van der Waals surface area contributed by atoms with Crippen molar-refractivity contribution in [2.45, 2.75) is 39.8 Å². The molecule has 2 rings (SSSR count). The maximum absolute atomic E-state index is 12.5. The lowest BCUT2D eigenvalue weighted by molar-refractivity contribution is -0.145. The second kappa shape index (κ2) is 10.8. The molecule has 1 heterocycles. The van der Waals surface area contributed by atoms with Gasteiger partial charge in [0.05, 0.1) is 19.3 Å². The first-order valence-electron chi connectivity index (χ1n) is 9.54. The Hall–Kier alpha value is -2.87. The predicted molar refractivity (Wildman–Crippen MR) is 111 cm³/mol. The average Bonchev–Trinajstić information content (AvgIpc) is 2.98. The maximum Gasteiger partial charge on any atom is 0.343 e. The summed E-state index contributed by atoms with van der Waals surface area (Å²) in [7, 11) is 1.25. The van der Waals surface area contributed by atoms with Crippen molar-refractivity contribution in [1.82, 2.24) is 15.1 Å². The SMILES string of the molecule is COC(=O)C(CC(C)C)NC(=O)COC(=O)c1c(C)nn(Cc2ccccc2)c1Cl. The Labute approximate surface area is 180 Å². The van der Waals surface area contributed by atoms with Crippen LogP contribution >= 0.6 is 11.6 Å². The fraction of sp³-hybridized carbons (Fsp3) is 0.429. The van der Waals surface area contributed by atoms with Gasteiger partial charge < -0.3 is 14.8 Å². The van der Waals surface area contributed by atoms with E-state index in [4.69, 9.17) is 21.1 Å². The van der Waals surface area contributed by atoms with Crippen molar-refractivity contribution < 1.29 is 23.9 Å². The molecular weight excluding hydrogens is 410 g/mol. The van der Waals surface area contributed by atoms with Crippen LogP contribution in [0.2, 0.25) is 5.15 Å². The van der Waals surface area contributed by atoms with E-state index in [1.54, 1.807) is 6.92 Å². The van der Waals surface area contributed by atoms with Crippen molar-refractivity contribution in [1.29, 1.82) is 0 Å². The van der Waals surface area contributed by atoms with Gasteiger partial charge in [0.25, 0.3) is 5.91 Å². The van der Waals surface area contributed by atoms with Gasteiger partial charge >= 0.3 is 11.9 Å². The zero-order valence-corrected chi connectivity index (χ0v) is 18.2. The van der Waals surface area contributed by atoms with Crippen LogP contribution in [0.5, 0.6) is 0 Å². The van der Waals surface area contributed by atoms with Crippen LogP contribution in [0, 0.1) is 12.8 Å². The van der Waals surface area contributed by atoms with Crippen LogP contribution in [0.25, 0.3) is 0 Å². The van der Waals surface area contributed by atoms with E-state index in [-0.39, 0.29) is 16.6 Å². The highest BCUT2D eigenvalue weighted by atomic mass is 35.5. The van der Waals surface area contributed by atoms with Crippen LogP contribution in [0.3, 0.4) is 0 Å². The second-order valence-electron chi connectivity index (χ2n) is 7.24. The van der Waals surface area contributed by atoms with Crippen molar-refractivity contribution in [3.63, 3.8) is 0 Å². The van der Waals surface area contributed by atoms with Gasteiger partial charge in [0.15, 0.2) is 6.61 Å². The molecule has 0 aliphatic rings. The number of amides is 1. The Balaban J connectivity index is 2.00. The number of hydrogen-bond acceptors (Lipinski definition) is 6. The number of nitrogens with zero attached hydrogens (tertiary/aromatic N) is 2. The number of aryl methyl sites for hydroxylation is 1. The highest BCUT2D eigenvalue weighted by Crippen LogP contribution is 2.22. The van der Waals surface area contributed by atoms with E-state index in [0.29, 0.717) is 18.7 Å². The van der Waals surface area contributed by atoms with Gasteiger partial charge in [-0.3, -0.25) is 4.79 Å². The molecule has 0 bridgehead atoms. The Bertz CT molecular complexity index is 896. The summed E-state index contributed by atoms with van der Waals surface area (Å²) in [4.78, 5) is 36.4. The van der Waals surface area contributed by atoms with Gasteiger partial charge in [-0.1, -0.05) is 55.8 Å². The fourth-order valence-electron chi connectivity index (χ4n) is 2.91. The van der Waals surface area contributed by atoms with Gasteiger partial charge in [-0.05, 0) is 24.8 Å². The number of methoxy groups -OCH3 is 1. The Morgan fingerprint density at radius 2 is 1.87 bits per heavy atom. The molecule has 1 N–H and O–H groups in total. The molecule has 0 fully saturated rings. The summed E-state index contributed by atoms with van der Waals surface area (Å²) in [6, 6.07) is 8.73. The summed E-state index contributed by atoms with van der Waals surface area (Å²) in [5.41, 5.74) is 1.47. The van der Waals surface area contributed by atoms with Crippen LogP contribution in [0.4, 0.5) is 0 Å². The lowest BCUT2D eigenvalue weighted by atomic mass is 10.0. The van der Waals surface area contributed by atoms with Crippen molar-refractivity contribution in [2.24, 2.45) is 5.92 Å². The zero-order valence-electron chi connectivity index (χ0n) is 17.5. The van der Waals surface area contributed by atoms with Crippen LogP contribution in [-0.4, -0.2) is 47.4 Å². The molecule has 162 valence electrons. The maximum atomic E-state index is 12.5. The molecule has 0 saturated carbocycles. The molecule has 0 aliphatic heterocycles. The van der Waals surface area contributed by atoms with E-state index in [0.717, 1.165) is 5.56 Å². The van der Waals surface area contributed by atoms with E-state index >= 15 is 0 Å². The normalized spacial score (nSPS) is 11.8. The first kappa shape index (κ1) is 23.4. The number of aromatic nitrogens is 2. The first-order chi connectivity index (χ1) is 14.2. The second-order valence-corrected chi connectivity index (χ2v) is 7.60. The van der Waals surface area contributed by atoms with Crippen LogP contribution in [-0.2, 0) is 25.6 Å². The average molecular weight is 436 g/mol. The highest BCUT2D eigenvalue weighted by Gasteiger charge is 2.25. The molecular formula is C21H26ClN3O5. The molecule has 0 radical (unpaired) electrons. The molecule has 30 heavy (non-hydrogen) atoms. The first-order valence-corrected chi connectivity index (χ1v) is 9.91. The number of esters is 2. The number of benzene rings is 1. The number of nitrogens with one attached hydrogen (secondary N) is 1. The van der Waals surface area contributed by atoms with E-state index in [2.05, 4.69) is 10.4 Å². The topological polar surface area (TPSA) is 99.5 Å². The Morgan fingerprint density at radius 1 is 1.20 bits per heavy atom. The quantitative estimate of drug-likeness (QED) is 0.608. The van der Waals surface area contributed by atoms with E-state index in [1.807, 2.05) is 44.2 Å². The number of halogens is 1. The lowest BCUT2D eigenvalue weighted by Crippen LogP contribution is -2.44. The largest absolute Gasteiger partial charge is 0.467 e. The molecule has 1 unspecified atom stereocenters. The van der Waals surface area contributed by atoms with Gasteiger partial charge in [0.2, 0.25) is 0 Å². The van der Waals surface area contributed by atoms with E-state index < -0.39 is 30.5 Å². The molecule has 1 amide bonds. The predicted octanol–water partition coefficient (Wildman–Crippen LogP) is 2.75. The smallest absolute Gasteiger partial charge is 0.343 e. The molecule has 0 aliphatic carbocycles. The zero-order chi connectivity index (χ0) is 22.3. The number of carbonyl (C=O) groups is 3. The lowest BCUT2D eigenvalue weighted by Gasteiger charge is -2.18. The molecule has 8 nitrogen and oxygen atoms in total. The summed E-state index contributed by atoms with van der Waals surface area (Å²) in [6.07, 6.45) is 0.406. The summed E-state index contributed by atoms with van der Waals surface area (Å²) in [6.45, 7) is 5.31. The molecule has 2 aromatic rings. The molecule has 0 spiro atoms. The molecule has 1 aromatic carbocycles. The van der Waals surface area contributed by atoms with Crippen molar-refractivity contribution in [3.8, 4) is 0 Å². The molecule has 1 aromatic heterocycles. The minimum atomic E-state index is -0.805. The number of rotatable bonds is 9. The van der Waals surface area contributed by atoms with Crippen LogP contribution < -0.4 is 5.32 Å². The molecule has 0 saturated heterocycles. The van der Waals surface area contributed by atoms with Gasteiger partial charge in [-0.2, -0.15) is 5.10 Å². The fourth-order valence-corrected chi connectivity index (χ4v) is 3.22. The van der Waals surface area contributed by atoms with Gasteiger partial charge in [0, 0.05) is 0 Å². The molecule has 9 heteroatoms. The van der Waals surface area contributed by atoms with Crippen molar-refractivity contribution >= 4 is 29.4 Å².